The molecule has 9 atom stereocenters. The second kappa shape index (κ2) is 9.43. The zero-order chi connectivity index (χ0) is 27.6. The van der Waals surface area contributed by atoms with Crippen LogP contribution in [0.2, 0.25) is 0 Å². The number of fused-ring (bicyclic) bond motifs is 1. The summed E-state index contributed by atoms with van der Waals surface area (Å²) in [4.78, 5) is 27.1. The molecule has 2 fully saturated rings. The Morgan fingerprint density at radius 3 is 2.32 bits per heavy atom. The highest BCUT2D eigenvalue weighted by molar-refractivity contribution is 6.23. The van der Waals surface area contributed by atoms with Gasteiger partial charge in [-0.3, -0.25) is 4.79 Å². The largest absolute Gasteiger partial charge is 0.455 e. The molecular formula is C28H37ClO8. The van der Waals surface area contributed by atoms with E-state index in [0.29, 0.717) is 5.57 Å². The van der Waals surface area contributed by atoms with Gasteiger partial charge < -0.3 is 29.9 Å². The molecule has 3 aliphatic rings. The van der Waals surface area contributed by atoms with Gasteiger partial charge in [-0.25, -0.2) is 4.79 Å². The average molecular weight is 537 g/mol. The van der Waals surface area contributed by atoms with Crippen molar-refractivity contribution in [3.05, 3.63) is 47.5 Å². The third-order valence-electron chi connectivity index (χ3n) is 8.99. The molecule has 0 radical (unpaired) electrons. The van der Waals surface area contributed by atoms with Crippen molar-refractivity contribution in [2.45, 2.75) is 88.5 Å². The van der Waals surface area contributed by atoms with E-state index in [2.05, 4.69) is 0 Å². The molecule has 1 saturated heterocycles. The molecule has 1 aromatic rings. The van der Waals surface area contributed by atoms with Crippen LogP contribution < -0.4 is 0 Å². The molecule has 1 heterocycles. The Bertz CT molecular complexity index is 1090. The van der Waals surface area contributed by atoms with Crippen LogP contribution in [0, 0.1) is 16.7 Å². The minimum atomic E-state index is -1.93. The van der Waals surface area contributed by atoms with Crippen molar-refractivity contribution in [3.63, 3.8) is 0 Å². The third kappa shape index (κ3) is 4.26. The lowest BCUT2D eigenvalue weighted by molar-refractivity contribution is -0.325. The molecule has 1 aromatic carbocycles. The van der Waals surface area contributed by atoms with Gasteiger partial charge in [-0.15, -0.1) is 11.6 Å². The number of carbonyl (C=O) groups is 2. The first-order valence-electron chi connectivity index (χ1n) is 12.7. The number of aliphatic hydroxyl groups excluding tert-OH is 2. The molecule has 0 amide bonds. The zero-order valence-corrected chi connectivity index (χ0v) is 22.6. The molecule has 0 bridgehead atoms. The van der Waals surface area contributed by atoms with E-state index in [1.165, 1.54) is 13.8 Å². The Balaban J connectivity index is 1.94. The Morgan fingerprint density at radius 1 is 1.16 bits per heavy atom. The van der Waals surface area contributed by atoms with E-state index in [0.717, 1.165) is 0 Å². The Labute approximate surface area is 222 Å². The first-order valence-corrected chi connectivity index (χ1v) is 13.1. The van der Waals surface area contributed by atoms with Crippen LogP contribution in [0.25, 0.3) is 0 Å². The summed E-state index contributed by atoms with van der Waals surface area (Å²) in [6.45, 7) is 7.94. The lowest BCUT2D eigenvalue weighted by Crippen LogP contribution is -2.78. The predicted molar refractivity (Wildman–Crippen MR) is 136 cm³/mol. The van der Waals surface area contributed by atoms with Gasteiger partial charge in [-0.1, -0.05) is 45.0 Å². The second-order valence-electron chi connectivity index (χ2n) is 11.7. The fourth-order valence-corrected chi connectivity index (χ4v) is 7.01. The molecular weight excluding hydrogens is 500 g/mol. The SMILES string of the molecule is CC1=CC(C)(C)[C@](O)(C(OC(=O)c2ccccc2)C2[C@]3(O)CO[C@@H]3C[C@H](Cl)[C@@]2(C)C(=O)[C@@H](C)O)C[C@@H]1O. The number of carbonyl (C=O) groups excluding carboxylic acids is 2. The lowest BCUT2D eigenvalue weighted by atomic mass is 9.49. The van der Waals surface area contributed by atoms with Crippen molar-refractivity contribution in [1.82, 2.24) is 0 Å². The maximum Gasteiger partial charge on any atom is 0.338 e. The number of Topliss-reactive ketones (excluding diaryl/α,β-unsaturated/α-hetero) is 1. The van der Waals surface area contributed by atoms with Gasteiger partial charge in [0.15, 0.2) is 5.78 Å². The summed E-state index contributed by atoms with van der Waals surface area (Å²) >= 11 is 6.81. The van der Waals surface area contributed by atoms with Crippen LogP contribution in [-0.4, -0.2) is 79.8 Å². The molecule has 2 aliphatic carbocycles. The van der Waals surface area contributed by atoms with Gasteiger partial charge in [-0.05, 0) is 38.0 Å². The molecule has 204 valence electrons. The summed E-state index contributed by atoms with van der Waals surface area (Å²) in [6, 6.07) is 8.20. The molecule has 37 heavy (non-hydrogen) atoms. The van der Waals surface area contributed by atoms with E-state index >= 15 is 0 Å². The Kier molecular flexibility index (Phi) is 7.19. The number of ether oxygens (including phenoxy) is 2. The minimum Gasteiger partial charge on any atom is -0.455 e. The van der Waals surface area contributed by atoms with E-state index < -0.39 is 69.5 Å². The number of benzene rings is 1. The predicted octanol–water partition coefficient (Wildman–Crippen LogP) is 2.39. The summed E-state index contributed by atoms with van der Waals surface area (Å²) in [5, 5.41) is 44.7. The Morgan fingerprint density at radius 2 is 1.78 bits per heavy atom. The van der Waals surface area contributed by atoms with E-state index in [1.54, 1.807) is 57.2 Å². The van der Waals surface area contributed by atoms with Gasteiger partial charge >= 0.3 is 5.97 Å². The quantitative estimate of drug-likeness (QED) is 0.247. The van der Waals surface area contributed by atoms with Crippen LogP contribution >= 0.6 is 11.6 Å². The molecule has 9 heteroatoms. The summed E-state index contributed by atoms with van der Waals surface area (Å²) < 4.78 is 11.7. The molecule has 4 rings (SSSR count). The molecule has 1 aliphatic heterocycles. The number of esters is 1. The molecule has 8 nitrogen and oxygen atoms in total. The number of aliphatic hydroxyl groups is 4. The van der Waals surface area contributed by atoms with Gasteiger partial charge in [0.2, 0.25) is 0 Å². The van der Waals surface area contributed by atoms with Gasteiger partial charge in [0, 0.05) is 23.1 Å². The van der Waals surface area contributed by atoms with Gasteiger partial charge in [-0.2, -0.15) is 0 Å². The van der Waals surface area contributed by atoms with Crippen LogP contribution in [0.15, 0.2) is 42.0 Å². The smallest absolute Gasteiger partial charge is 0.338 e. The minimum absolute atomic E-state index is 0.131. The maximum absolute atomic E-state index is 13.6. The normalized spacial score (nSPS) is 40.4. The lowest BCUT2D eigenvalue weighted by Gasteiger charge is -2.64. The summed E-state index contributed by atoms with van der Waals surface area (Å²) in [6.07, 6.45) is -3.09. The summed E-state index contributed by atoms with van der Waals surface area (Å²) in [7, 11) is 0. The molecule has 4 N–H and O–H groups in total. The molecule has 1 saturated carbocycles. The van der Waals surface area contributed by atoms with Crippen LogP contribution in [0.5, 0.6) is 0 Å². The fraction of sp³-hybridized carbons (Fsp3) is 0.643. The zero-order valence-electron chi connectivity index (χ0n) is 21.8. The van der Waals surface area contributed by atoms with E-state index in [4.69, 9.17) is 21.1 Å². The monoisotopic (exact) mass is 536 g/mol. The van der Waals surface area contributed by atoms with Crippen LogP contribution in [0.1, 0.15) is 57.8 Å². The van der Waals surface area contributed by atoms with Crippen LogP contribution in [0.4, 0.5) is 0 Å². The van der Waals surface area contributed by atoms with Gasteiger partial charge in [0.25, 0.3) is 0 Å². The van der Waals surface area contributed by atoms with Crippen LogP contribution in [-0.2, 0) is 14.3 Å². The number of rotatable bonds is 6. The topological polar surface area (TPSA) is 134 Å². The highest BCUT2D eigenvalue weighted by atomic mass is 35.5. The van der Waals surface area contributed by atoms with Crippen molar-refractivity contribution < 1.29 is 39.5 Å². The van der Waals surface area contributed by atoms with Crippen molar-refractivity contribution in [1.29, 1.82) is 0 Å². The summed E-state index contributed by atoms with van der Waals surface area (Å²) in [5.41, 5.74) is -5.41. The highest BCUT2D eigenvalue weighted by Gasteiger charge is 2.73. The van der Waals surface area contributed by atoms with Crippen molar-refractivity contribution in [3.8, 4) is 0 Å². The number of ketones is 1. The average Bonchev–Trinajstić information content (AvgIpc) is 2.83. The van der Waals surface area contributed by atoms with Crippen molar-refractivity contribution >= 4 is 23.4 Å². The van der Waals surface area contributed by atoms with Gasteiger partial charge in [0.1, 0.15) is 23.4 Å². The van der Waals surface area contributed by atoms with Crippen molar-refractivity contribution in [2.75, 3.05) is 6.61 Å². The number of halogens is 1. The van der Waals surface area contributed by atoms with Crippen LogP contribution in [0.3, 0.4) is 0 Å². The number of hydrogen-bond donors (Lipinski definition) is 4. The number of alkyl halides is 1. The highest BCUT2D eigenvalue weighted by Crippen LogP contribution is 2.60. The first-order chi connectivity index (χ1) is 17.1. The van der Waals surface area contributed by atoms with E-state index in [1.807, 2.05) is 0 Å². The molecule has 2 unspecified atom stereocenters. The fourth-order valence-electron chi connectivity index (χ4n) is 6.61. The van der Waals surface area contributed by atoms with E-state index in [9.17, 15) is 30.0 Å². The maximum atomic E-state index is 13.6. The standard InChI is InChI=1S/C28H37ClO8/c1-15-12-25(3,4)28(35,13-18(15)31)23(37-24(33)17-9-7-6-8-10-17)21-26(5,22(32)16(2)30)19(29)11-20-27(21,34)14-36-20/h6-10,12,16,18-21,23,30-31,34-35H,11,13-14H2,1-5H3/t16-,18+,19+,20-,21?,23?,26-,27+,28-/m1/s1. The molecule has 0 spiro atoms. The van der Waals surface area contributed by atoms with Gasteiger partial charge in [0.05, 0.1) is 29.8 Å². The number of hydrogen-bond acceptors (Lipinski definition) is 8. The Hall–Kier alpha value is -1.81. The third-order valence-corrected chi connectivity index (χ3v) is 9.62. The summed E-state index contributed by atoms with van der Waals surface area (Å²) in [5.74, 6) is -2.66. The second-order valence-corrected chi connectivity index (χ2v) is 12.3. The van der Waals surface area contributed by atoms with E-state index in [-0.39, 0.29) is 25.0 Å². The first kappa shape index (κ1) is 28.2. The molecule has 0 aromatic heterocycles. The van der Waals surface area contributed by atoms with Crippen molar-refractivity contribution in [2.24, 2.45) is 16.7 Å².